The van der Waals surface area contributed by atoms with Crippen molar-refractivity contribution < 1.29 is 153 Å². The highest BCUT2D eigenvalue weighted by molar-refractivity contribution is 5.74. The van der Waals surface area contributed by atoms with Crippen molar-refractivity contribution in [2.45, 2.75) is 205 Å². The van der Waals surface area contributed by atoms with Crippen molar-refractivity contribution in [1.29, 1.82) is 0 Å². The second-order valence-corrected chi connectivity index (χ2v) is 19.0. The molecule has 6 heterocycles. The standard InChI is InChI=1S/C42H71N3O31/c1-10(51)43-19-25(57)33(15(6-48)67-37(19)65)75-42-32(64)36(76-39-21(45-12(3)53)27(59)35(17(8-50)71-39)74-41-31(63)29(61)23(55)14(5-47)69-41)24(56)18(72-42)9-66-38-20(44-11(2)52)26(58)34(16(7-49)70-38)73-40-30(62)28(60)22(54)13(4-46)68-40/h13-42,46-50,54-65H,4-9H2,1-3H3,(H,43,51)(H,44,52)(H,45,53)/t13-,14-,15-,16-,17-,18-,19-,20-,21-,22+,23+,24+,25-,26-,27-,28+,29+,30-,31-,32-,33-,34-,35-,36+,37?,38-,39+,40+,41+,42+/m1/s1. The monoisotopic (exact) mass is 1110 g/mol. The van der Waals surface area contributed by atoms with Gasteiger partial charge in [0.05, 0.1) is 39.6 Å². The van der Waals surface area contributed by atoms with Gasteiger partial charge in [0.15, 0.2) is 37.7 Å². The van der Waals surface area contributed by atoms with Crippen molar-refractivity contribution in [3.63, 3.8) is 0 Å². The Labute approximate surface area is 431 Å². The lowest BCUT2D eigenvalue weighted by Crippen LogP contribution is -2.70. The lowest BCUT2D eigenvalue weighted by molar-refractivity contribution is -0.381. The number of hydrogen-bond donors (Lipinski definition) is 20. The van der Waals surface area contributed by atoms with E-state index in [2.05, 4.69) is 16.0 Å². The van der Waals surface area contributed by atoms with Crippen molar-refractivity contribution >= 4 is 17.7 Å². The van der Waals surface area contributed by atoms with E-state index in [1.54, 1.807) is 0 Å². The minimum atomic E-state index is -2.27. The largest absolute Gasteiger partial charge is 0.394 e. The van der Waals surface area contributed by atoms with E-state index in [9.17, 15) is 101 Å². The molecule has 0 saturated carbocycles. The molecule has 34 nitrogen and oxygen atoms in total. The highest BCUT2D eigenvalue weighted by Gasteiger charge is 2.57. The summed E-state index contributed by atoms with van der Waals surface area (Å²) in [4.78, 5) is 37.2. The zero-order chi connectivity index (χ0) is 56.2. The van der Waals surface area contributed by atoms with Crippen LogP contribution in [0.2, 0.25) is 0 Å². The number of ether oxygens (including phenoxy) is 11. The summed E-state index contributed by atoms with van der Waals surface area (Å²) in [6.07, 6.45) is -50.9. The van der Waals surface area contributed by atoms with Crippen LogP contribution in [-0.4, -0.2) is 328 Å². The van der Waals surface area contributed by atoms with Gasteiger partial charge in [-0.05, 0) is 0 Å². The maximum Gasteiger partial charge on any atom is 0.217 e. The highest BCUT2D eigenvalue weighted by Crippen LogP contribution is 2.36. The van der Waals surface area contributed by atoms with Crippen LogP contribution in [0.1, 0.15) is 20.8 Å². The van der Waals surface area contributed by atoms with E-state index in [0.29, 0.717) is 0 Å². The van der Waals surface area contributed by atoms with Crippen molar-refractivity contribution in [2.24, 2.45) is 0 Å². The molecule has 440 valence electrons. The molecule has 6 rings (SSSR count). The Bertz CT molecular complexity index is 1870. The maximum atomic E-state index is 12.6. The van der Waals surface area contributed by atoms with E-state index in [4.69, 9.17) is 52.1 Å². The maximum absolute atomic E-state index is 12.6. The molecule has 6 fully saturated rings. The van der Waals surface area contributed by atoms with Crippen LogP contribution >= 0.6 is 0 Å². The van der Waals surface area contributed by atoms with E-state index in [1.807, 2.05) is 0 Å². The zero-order valence-corrected chi connectivity index (χ0v) is 40.9. The third-order valence-corrected chi connectivity index (χ3v) is 13.6. The number of rotatable bonds is 19. The number of nitrogens with one attached hydrogen (secondary N) is 3. The van der Waals surface area contributed by atoms with Gasteiger partial charge in [0.1, 0.15) is 146 Å². The Kier molecular flexibility index (Phi) is 22.3. The van der Waals surface area contributed by atoms with Crippen LogP contribution in [-0.2, 0) is 66.5 Å². The van der Waals surface area contributed by atoms with Gasteiger partial charge in [0.25, 0.3) is 0 Å². The molecule has 6 saturated heterocycles. The quantitative estimate of drug-likeness (QED) is 0.0571. The molecule has 0 aromatic carbocycles. The molecule has 0 bridgehead atoms. The fourth-order valence-corrected chi connectivity index (χ4v) is 9.63. The smallest absolute Gasteiger partial charge is 0.217 e. The molecular formula is C42H71N3O31. The van der Waals surface area contributed by atoms with Crippen LogP contribution in [0, 0.1) is 0 Å². The molecule has 0 aliphatic carbocycles. The van der Waals surface area contributed by atoms with Gasteiger partial charge in [-0.1, -0.05) is 0 Å². The van der Waals surface area contributed by atoms with Gasteiger partial charge in [0, 0.05) is 20.8 Å². The van der Waals surface area contributed by atoms with E-state index < -0.39 is 241 Å². The first-order chi connectivity index (χ1) is 35.9. The molecular weight excluding hydrogens is 1040 g/mol. The highest BCUT2D eigenvalue weighted by atomic mass is 16.8. The summed E-state index contributed by atoms with van der Waals surface area (Å²) in [5, 5.41) is 189. The fourth-order valence-electron chi connectivity index (χ4n) is 9.63. The summed E-state index contributed by atoms with van der Waals surface area (Å²) < 4.78 is 63.4. The van der Waals surface area contributed by atoms with Gasteiger partial charge in [-0.15, -0.1) is 0 Å². The summed E-state index contributed by atoms with van der Waals surface area (Å²) in [5.41, 5.74) is 0. The zero-order valence-electron chi connectivity index (χ0n) is 40.9. The van der Waals surface area contributed by atoms with Crippen molar-refractivity contribution in [2.75, 3.05) is 39.6 Å². The van der Waals surface area contributed by atoms with E-state index in [-0.39, 0.29) is 0 Å². The molecule has 30 atom stereocenters. The van der Waals surface area contributed by atoms with Gasteiger partial charge >= 0.3 is 0 Å². The predicted molar refractivity (Wildman–Crippen MR) is 234 cm³/mol. The summed E-state index contributed by atoms with van der Waals surface area (Å²) in [6, 6.07) is -5.11. The van der Waals surface area contributed by atoms with Crippen LogP contribution in [0.3, 0.4) is 0 Å². The van der Waals surface area contributed by atoms with Gasteiger partial charge in [0.2, 0.25) is 17.7 Å². The lowest BCUT2D eigenvalue weighted by Gasteiger charge is -2.50. The summed E-state index contributed by atoms with van der Waals surface area (Å²) >= 11 is 0. The normalized spacial score (nSPS) is 48.2. The van der Waals surface area contributed by atoms with Crippen LogP contribution in [0.15, 0.2) is 0 Å². The SMILES string of the molecule is CC(=O)N[C@H]1[C@H](OC[C@H]2O[C@@H](O[C@H]3[C@H](O)[C@@H](NC(C)=O)C(O)O[C@@H]3CO)[C@H](O)[C@@H](O[C@@H]3O[C@H](CO)[C@@H](O[C@@H]4O[C@H](CO)[C@H](O)[C@H](O)[C@H]4O)[C@H](O)[C@H]3NC(C)=O)[C@H]2O)O[C@H](CO)[C@@H](O[C@@H]2O[C@H](CO)[C@H](O)[C@H](O)[C@H]2O)[C@@H]1O. The van der Waals surface area contributed by atoms with Crippen molar-refractivity contribution in [1.82, 2.24) is 16.0 Å². The molecule has 3 amide bonds. The molecule has 0 radical (unpaired) electrons. The van der Waals surface area contributed by atoms with Crippen LogP contribution in [0.25, 0.3) is 0 Å². The number of carbonyl (C=O) groups is 3. The second kappa shape index (κ2) is 27.2. The third kappa shape index (κ3) is 13.7. The van der Waals surface area contributed by atoms with Crippen LogP contribution in [0.4, 0.5) is 0 Å². The van der Waals surface area contributed by atoms with Crippen molar-refractivity contribution in [3.05, 3.63) is 0 Å². The van der Waals surface area contributed by atoms with Gasteiger partial charge in [-0.3, -0.25) is 14.4 Å². The average Bonchev–Trinajstić information content (AvgIpc) is 3.37. The predicted octanol–water partition coefficient (Wildman–Crippen LogP) is -13.7. The molecule has 6 aliphatic heterocycles. The van der Waals surface area contributed by atoms with Crippen molar-refractivity contribution in [3.8, 4) is 0 Å². The van der Waals surface area contributed by atoms with Gasteiger partial charge < -0.3 is 155 Å². The van der Waals surface area contributed by atoms with Crippen LogP contribution in [0.5, 0.6) is 0 Å². The minimum absolute atomic E-state index is 0.760. The Morgan fingerprint density at radius 2 is 0.671 bits per heavy atom. The summed E-state index contributed by atoms with van der Waals surface area (Å²) in [7, 11) is 0. The van der Waals surface area contributed by atoms with E-state index in [1.165, 1.54) is 0 Å². The Morgan fingerprint density at radius 1 is 0.342 bits per heavy atom. The number of hydrogen-bond acceptors (Lipinski definition) is 31. The summed E-state index contributed by atoms with van der Waals surface area (Å²) in [5.74, 6) is -2.43. The van der Waals surface area contributed by atoms with E-state index in [0.717, 1.165) is 20.8 Å². The Morgan fingerprint density at radius 3 is 1.09 bits per heavy atom. The molecule has 6 aliphatic rings. The number of aliphatic hydroxyl groups is 17. The first-order valence-corrected chi connectivity index (χ1v) is 24.1. The molecule has 0 spiro atoms. The molecule has 1 unspecified atom stereocenters. The topological polar surface area (TPSA) is 533 Å². The summed E-state index contributed by atoms with van der Waals surface area (Å²) in [6.45, 7) is -2.60. The Hall–Kier alpha value is -2.71. The second-order valence-electron chi connectivity index (χ2n) is 19.0. The van der Waals surface area contributed by atoms with E-state index >= 15 is 0 Å². The number of carbonyl (C=O) groups excluding carboxylic acids is 3. The molecule has 76 heavy (non-hydrogen) atoms. The Balaban J connectivity index is 1.29. The van der Waals surface area contributed by atoms with Gasteiger partial charge in [-0.2, -0.15) is 0 Å². The van der Waals surface area contributed by atoms with Gasteiger partial charge in [-0.25, -0.2) is 0 Å². The minimum Gasteiger partial charge on any atom is -0.394 e. The molecule has 20 N–H and O–H groups in total. The first-order valence-electron chi connectivity index (χ1n) is 24.1. The fraction of sp³-hybridized carbons (Fsp3) is 0.929. The lowest BCUT2D eigenvalue weighted by atomic mass is 9.94. The first kappa shape index (κ1) is 62.5. The molecule has 0 aromatic heterocycles. The molecule has 34 heteroatoms. The third-order valence-electron chi connectivity index (χ3n) is 13.6. The molecule has 0 aromatic rings. The van der Waals surface area contributed by atoms with Crippen LogP contribution < -0.4 is 16.0 Å². The number of aliphatic hydroxyl groups excluding tert-OH is 17. The average molecular weight is 1110 g/mol. The number of amides is 3.